The van der Waals surface area contributed by atoms with Crippen LogP contribution < -0.4 is 11.1 Å². The normalized spacial score (nSPS) is 10.6. The Hall–Kier alpha value is -0.380. The molecule has 3 N–H and O–H groups in total. The van der Waals surface area contributed by atoms with Gasteiger partial charge in [-0.3, -0.25) is 0 Å². The van der Waals surface area contributed by atoms with Crippen LogP contribution in [0.3, 0.4) is 0 Å². The number of nitrogens with two attached hydrogens (primary N) is 1. The first-order valence-corrected chi connectivity index (χ1v) is 6.24. The summed E-state index contributed by atoms with van der Waals surface area (Å²) in [6.07, 6.45) is 4.87. The zero-order chi connectivity index (χ0) is 10.1. The second-order valence-electron chi connectivity index (χ2n) is 3.43. The third kappa shape index (κ3) is 5.37. The zero-order valence-corrected chi connectivity index (χ0v) is 9.48. The second-order valence-corrected chi connectivity index (χ2v) is 4.46. The molecule has 0 radical (unpaired) electrons. The van der Waals surface area contributed by atoms with Crippen molar-refractivity contribution in [2.45, 2.75) is 25.7 Å². The Morgan fingerprint density at radius 2 is 2.07 bits per heavy atom. The zero-order valence-electron chi connectivity index (χ0n) is 8.67. The summed E-state index contributed by atoms with van der Waals surface area (Å²) in [6, 6.07) is 4.34. The molecule has 3 heteroatoms. The average Bonchev–Trinajstić information content (AvgIpc) is 2.69. The Morgan fingerprint density at radius 3 is 2.79 bits per heavy atom. The molecule has 0 saturated carbocycles. The minimum absolute atomic E-state index is 0.794. The Bertz CT molecular complexity index is 209. The predicted molar refractivity (Wildman–Crippen MR) is 63.8 cm³/mol. The van der Waals surface area contributed by atoms with Gasteiger partial charge < -0.3 is 11.1 Å². The molecule has 0 spiro atoms. The van der Waals surface area contributed by atoms with Gasteiger partial charge in [-0.05, 0) is 56.8 Å². The number of aryl methyl sites for hydroxylation is 1. The Balaban J connectivity index is 1.85. The summed E-state index contributed by atoms with van der Waals surface area (Å²) in [5.74, 6) is 0. The van der Waals surface area contributed by atoms with Gasteiger partial charge in [0.05, 0.1) is 0 Å². The van der Waals surface area contributed by atoms with E-state index in [2.05, 4.69) is 22.8 Å². The number of thiophene rings is 1. The van der Waals surface area contributed by atoms with Crippen LogP contribution >= 0.6 is 11.3 Å². The van der Waals surface area contributed by atoms with Gasteiger partial charge in [0, 0.05) is 4.88 Å². The van der Waals surface area contributed by atoms with Crippen LogP contribution in [0.15, 0.2) is 17.5 Å². The smallest absolute Gasteiger partial charge is 0.00452 e. The van der Waals surface area contributed by atoms with Crippen LogP contribution in [-0.2, 0) is 6.42 Å². The van der Waals surface area contributed by atoms with Crippen molar-refractivity contribution in [3.8, 4) is 0 Å². The van der Waals surface area contributed by atoms with E-state index in [1.165, 1.54) is 24.1 Å². The van der Waals surface area contributed by atoms with E-state index in [9.17, 15) is 0 Å². The van der Waals surface area contributed by atoms with Gasteiger partial charge in [0.1, 0.15) is 0 Å². The monoisotopic (exact) mass is 212 g/mol. The molecule has 0 aliphatic carbocycles. The fourth-order valence-corrected chi connectivity index (χ4v) is 2.11. The summed E-state index contributed by atoms with van der Waals surface area (Å²) in [4.78, 5) is 1.51. The van der Waals surface area contributed by atoms with E-state index in [1.54, 1.807) is 0 Å². The molecule has 0 aliphatic rings. The van der Waals surface area contributed by atoms with E-state index in [4.69, 9.17) is 5.73 Å². The highest BCUT2D eigenvalue weighted by Crippen LogP contribution is 2.11. The van der Waals surface area contributed by atoms with Crippen LogP contribution in [0.1, 0.15) is 24.1 Å². The summed E-state index contributed by atoms with van der Waals surface area (Å²) in [5, 5.41) is 5.54. The van der Waals surface area contributed by atoms with Crippen molar-refractivity contribution >= 4 is 11.3 Å². The highest BCUT2D eigenvalue weighted by Gasteiger charge is 1.93. The van der Waals surface area contributed by atoms with Gasteiger partial charge in [-0.25, -0.2) is 0 Å². The summed E-state index contributed by atoms with van der Waals surface area (Å²) in [5.41, 5.74) is 5.39. The van der Waals surface area contributed by atoms with E-state index in [0.717, 1.165) is 26.1 Å². The highest BCUT2D eigenvalue weighted by molar-refractivity contribution is 7.09. The van der Waals surface area contributed by atoms with Gasteiger partial charge in [-0.1, -0.05) is 6.07 Å². The van der Waals surface area contributed by atoms with Crippen molar-refractivity contribution in [3.63, 3.8) is 0 Å². The summed E-state index contributed by atoms with van der Waals surface area (Å²) in [6.45, 7) is 2.99. The van der Waals surface area contributed by atoms with Crippen LogP contribution in [-0.4, -0.2) is 19.6 Å². The van der Waals surface area contributed by atoms with E-state index in [0.29, 0.717) is 0 Å². The lowest BCUT2D eigenvalue weighted by Gasteiger charge is -2.02. The third-order valence-corrected chi connectivity index (χ3v) is 3.10. The van der Waals surface area contributed by atoms with Crippen molar-refractivity contribution in [2.24, 2.45) is 5.73 Å². The molecule has 0 saturated heterocycles. The van der Waals surface area contributed by atoms with Crippen molar-refractivity contribution in [1.82, 2.24) is 5.32 Å². The molecule has 80 valence electrons. The molecule has 1 heterocycles. The van der Waals surface area contributed by atoms with Crippen molar-refractivity contribution in [3.05, 3.63) is 22.4 Å². The van der Waals surface area contributed by atoms with Gasteiger partial charge in [0.2, 0.25) is 0 Å². The van der Waals surface area contributed by atoms with E-state index in [1.807, 2.05) is 11.3 Å². The Kier molecular flexibility index (Phi) is 6.66. The quantitative estimate of drug-likeness (QED) is 0.647. The first-order chi connectivity index (χ1) is 6.93. The number of hydrogen-bond acceptors (Lipinski definition) is 3. The minimum Gasteiger partial charge on any atom is -0.330 e. The molecule has 1 rings (SSSR count). The topological polar surface area (TPSA) is 38.0 Å². The molecular formula is C11H20N2S. The molecule has 0 amide bonds. The number of nitrogens with one attached hydrogen (secondary N) is 1. The lowest BCUT2D eigenvalue weighted by atomic mass is 10.2. The van der Waals surface area contributed by atoms with Gasteiger partial charge in [-0.2, -0.15) is 0 Å². The maximum absolute atomic E-state index is 5.39. The first kappa shape index (κ1) is 11.7. The molecule has 2 nitrogen and oxygen atoms in total. The maximum Gasteiger partial charge on any atom is 0.00452 e. The summed E-state index contributed by atoms with van der Waals surface area (Å²) < 4.78 is 0. The second kappa shape index (κ2) is 7.97. The fraction of sp³-hybridized carbons (Fsp3) is 0.636. The standard InChI is InChI=1S/C11H20N2S/c12-7-4-9-13-8-2-1-5-11-6-3-10-14-11/h3,6,10,13H,1-2,4-5,7-9,12H2. The molecule has 1 aromatic heterocycles. The molecule has 0 bridgehead atoms. The number of hydrogen-bond donors (Lipinski definition) is 2. The molecule has 0 aliphatic heterocycles. The summed E-state index contributed by atoms with van der Waals surface area (Å²) >= 11 is 1.86. The van der Waals surface area contributed by atoms with Gasteiger partial charge in [-0.15, -0.1) is 11.3 Å². The predicted octanol–water partition coefficient (Wildman–Crippen LogP) is 2.01. The van der Waals surface area contributed by atoms with Crippen molar-refractivity contribution in [2.75, 3.05) is 19.6 Å². The molecule has 0 fully saturated rings. The lowest BCUT2D eigenvalue weighted by molar-refractivity contribution is 0.608. The number of unbranched alkanes of at least 4 members (excludes halogenated alkanes) is 1. The van der Waals surface area contributed by atoms with Crippen molar-refractivity contribution in [1.29, 1.82) is 0 Å². The Morgan fingerprint density at radius 1 is 1.21 bits per heavy atom. The Labute approximate surface area is 90.5 Å². The van der Waals surface area contributed by atoms with E-state index >= 15 is 0 Å². The summed E-state index contributed by atoms with van der Waals surface area (Å²) in [7, 11) is 0. The third-order valence-electron chi connectivity index (χ3n) is 2.16. The first-order valence-electron chi connectivity index (χ1n) is 5.36. The van der Waals surface area contributed by atoms with Crippen LogP contribution in [0, 0.1) is 0 Å². The van der Waals surface area contributed by atoms with E-state index in [-0.39, 0.29) is 0 Å². The average molecular weight is 212 g/mol. The SMILES string of the molecule is NCCCNCCCCc1cccs1. The molecule has 1 aromatic rings. The molecule has 14 heavy (non-hydrogen) atoms. The molecule has 0 aromatic carbocycles. The van der Waals surface area contributed by atoms with Gasteiger partial charge in [0.25, 0.3) is 0 Å². The number of rotatable bonds is 8. The van der Waals surface area contributed by atoms with Crippen LogP contribution in [0.4, 0.5) is 0 Å². The molecule has 0 unspecified atom stereocenters. The van der Waals surface area contributed by atoms with Crippen molar-refractivity contribution < 1.29 is 0 Å². The van der Waals surface area contributed by atoms with Crippen LogP contribution in [0.5, 0.6) is 0 Å². The minimum atomic E-state index is 0.794. The fourth-order valence-electron chi connectivity index (χ4n) is 1.36. The molecule has 0 atom stereocenters. The van der Waals surface area contributed by atoms with Gasteiger partial charge in [0.15, 0.2) is 0 Å². The van der Waals surface area contributed by atoms with Gasteiger partial charge >= 0.3 is 0 Å². The lowest BCUT2D eigenvalue weighted by Crippen LogP contribution is -2.19. The van der Waals surface area contributed by atoms with E-state index < -0.39 is 0 Å². The molecular weight excluding hydrogens is 192 g/mol. The van der Waals surface area contributed by atoms with Crippen LogP contribution in [0.25, 0.3) is 0 Å². The highest BCUT2D eigenvalue weighted by atomic mass is 32.1. The maximum atomic E-state index is 5.39. The van der Waals surface area contributed by atoms with Crippen LogP contribution in [0.2, 0.25) is 0 Å². The largest absolute Gasteiger partial charge is 0.330 e.